The average Bonchev–Trinajstić information content (AvgIpc) is 0.969. The number of hydrogen-bond donors (Lipinski definition) is 6. The average molecular weight is 1280 g/mol. The largest absolute Gasteiger partial charge is 0.454 e. The van der Waals surface area contributed by atoms with E-state index in [9.17, 15) is 35.1 Å². The molecule has 1 rings (SSSR count). The number of esters is 1. The summed E-state index contributed by atoms with van der Waals surface area (Å²) in [5.41, 5.74) is 0. The summed E-state index contributed by atoms with van der Waals surface area (Å²) in [6, 6.07) is -1.03. The predicted octanol–water partition coefficient (Wildman–Crippen LogP) is 20.4. The van der Waals surface area contributed by atoms with Gasteiger partial charge < -0.3 is 45.1 Å². The Morgan fingerprint density at radius 3 is 1.15 bits per heavy atom. The van der Waals surface area contributed by atoms with Crippen molar-refractivity contribution in [1.29, 1.82) is 0 Å². The lowest BCUT2D eigenvalue weighted by Gasteiger charge is -2.41. The molecule has 8 atom stereocenters. The molecule has 0 aromatic carbocycles. The summed E-state index contributed by atoms with van der Waals surface area (Å²) in [5.74, 6) is -1.19. The van der Waals surface area contributed by atoms with E-state index in [4.69, 9.17) is 14.2 Å². The maximum absolute atomic E-state index is 13.5. The number of allylic oxidation sites excluding steroid dienone is 13. The Balaban J connectivity index is 2.55. The zero-order valence-corrected chi connectivity index (χ0v) is 59.0. The van der Waals surface area contributed by atoms with Crippen LogP contribution < -0.4 is 5.32 Å². The lowest BCUT2D eigenvalue weighted by atomic mass is 9.99. The SMILES string of the molecule is CCCCC/C=C\C/C=C\C/C=C\CCCCCCCCCCCCCCCC(O)C(=O)NC(COC1OC(CO)C(O)C(O)C1OC(=O)CCCCCCCCCCCC/C=C\C/C=C\C/C=C\CCCCC)C(O)/C=C/CCCCCCCCCCCCC. The topological polar surface area (TPSA) is 175 Å². The molecule has 0 bridgehead atoms. The molecule has 0 aliphatic carbocycles. The number of ether oxygens (including phenoxy) is 3. The number of aliphatic hydroxyl groups is 5. The normalized spacial score (nSPS) is 18.4. The van der Waals surface area contributed by atoms with Crippen LogP contribution in [0.3, 0.4) is 0 Å². The van der Waals surface area contributed by atoms with Gasteiger partial charge in [-0.05, 0) is 103 Å². The van der Waals surface area contributed by atoms with Gasteiger partial charge in [0.25, 0.3) is 0 Å². The predicted molar refractivity (Wildman–Crippen MR) is 384 cm³/mol. The third kappa shape index (κ3) is 53.7. The van der Waals surface area contributed by atoms with Gasteiger partial charge in [-0.1, -0.05) is 324 Å². The van der Waals surface area contributed by atoms with Gasteiger partial charge in [0.15, 0.2) is 12.4 Å². The highest BCUT2D eigenvalue weighted by molar-refractivity contribution is 5.80. The van der Waals surface area contributed by atoms with Gasteiger partial charge >= 0.3 is 5.97 Å². The lowest BCUT2D eigenvalue weighted by molar-refractivity contribution is -0.305. The highest BCUT2D eigenvalue weighted by Gasteiger charge is 2.47. The number of carbonyl (C=O) groups is 2. The fourth-order valence-corrected chi connectivity index (χ4v) is 11.7. The van der Waals surface area contributed by atoms with Crippen LogP contribution in [0.5, 0.6) is 0 Å². The Hall–Kier alpha value is -3.16. The maximum atomic E-state index is 13.5. The zero-order valence-electron chi connectivity index (χ0n) is 59.0. The van der Waals surface area contributed by atoms with Crippen molar-refractivity contribution in [3.05, 3.63) is 85.1 Å². The molecule has 1 fully saturated rings. The molecule has 0 saturated carbocycles. The molecule has 11 nitrogen and oxygen atoms in total. The van der Waals surface area contributed by atoms with E-state index in [1.54, 1.807) is 6.08 Å². The maximum Gasteiger partial charge on any atom is 0.306 e. The first-order chi connectivity index (χ1) is 44.7. The van der Waals surface area contributed by atoms with Crippen LogP contribution in [0.25, 0.3) is 0 Å². The molecule has 0 radical (unpaired) electrons. The molecular formula is C80H143NO10. The second-order valence-corrected chi connectivity index (χ2v) is 26.4. The van der Waals surface area contributed by atoms with E-state index in [1.807, 2.05) is 6.08 Å². The number of rotatable bonds is 66. The number of amides is 1. The van der Waals surface area contributed by atoms with E-state index in [-0.39, 0.29) is 19.4 Å². The van der Waals surface area contributed by atoms with Crippen molar-refractivity contribution in [2.45, 2.75) is 397 Å². The molecule has 91 heavy (non-hydrogen) atoms. The van der Waals surface area contributed by atoms with Gasteiger partial charge in [-0.2, -0.15) is 0 Å². The second-order valence-electron chi connectivity index (χ2n) is 26.4. The van der Waals surface area contributed by atoms with Gasteiger partial charge in [-0.25, -0.2) is 0 Å². The van der Waals surface area contributed by atoms with E-state index in [0.29, 0.717) is 12.8 Å². The first-order valence-corrected chi connectivity index (χ1v) is 38.4. The first kappa shape index (κ1) is 85.9. The van der Waals surface area contributed by atoms with Crippen molar-refractivity contribution in [2.75, 3.05) is 13.2 Å². The van der Waals surface area contributed by atoms with Crippen LogP contribution in [0.15, 0.2) is 85.1 Å². The minimum absolute atomic E-state index is 0.117. The van der Waals surface area contributed by atoms with Crippen LogP contribution in [-0.4, -0.2) is 99.6 Å². The van der Waals surface area contributed by atoms with Crippen LogP contribution in [0.4, 0.5) is 0 Å². The molecule has 1 aliphatic rings. The van der Waals surface area contributed by atoms with E-state index >= 15 is 0 Å². The Morgan fingerprint density at radius 1 is 0.429 bits per heavy atom. The number of nitrogens with one attached hydrogen (secondary N) is 1. The minimum Gasteiger partial charge on any atom is -0.454 e. The fraction of sp³-hybridized carbons (Fsp3) is 0.800. The van der Waals surface area contributed by atoms with Gasteiger partial charge in [-0.3, -0.25) is 9.59 Å². The monoisotopic (exact) mass is 1280 g/mol. The van der Waals surface area contributed by atoms with E-state index < -0.39 is 67.4 Å². The molecule has 0 spiro atoms. The minimum atomic E-state index is -1.62. The number of aliphatic hydroxyl groups excluding tert-OH is 5. The summed E-state index contributed by atoms with van der Waals surface area (Å²) < 4.78 is 17.7. The summed E-state index contributed by atoms with van der Waals surface area (Å²) in [6.45, 7) is 5.78. The first-order valence-electron chi connectivity index (χ1n) is 38.4. The van der Waals surface area contributed by atoms with Crippen molar-refractivity contribution in [3.8, 4) is 0 Å². The molecule has 0 aromatic rings. The second kappa shape index (κ2) is 66.8. The zero-order chi connectivity index (χ0) is 66.0. The summed E-state index contributed by atoms with van der Waals surface area (Å²) in [5, 5.41) is 57.4. The van der Waals surface area contributed by atoms with Crippen molar-refractivity contribution < 1.29 is 49.3 Å². The van der Waals surface area contributed by atoms with Gasteiger partial charge in [-0.15, -0.1) is 0 Å². The molecule has 1 heterocycles. The van der Waals surface area contributed by atoms with E-state index in [1.165, 1.54) is 212 Å². The molecule has 11 heteroatoms. The van der Waals surface area contributed by atoms with Crippen molar-refractivity contribution in [1.82, 2.24) is 5.32 Å². The molecule has 1 aliphatic heterocycles. The molecule has 0 aromatic heterocycles. The Labute approximate surface area is 559 Å². The summed E-state index contributed by atoms with van der Waals surface area (Å²) in [7, 11) is 0. The third-order valence-corrected chi connectivity index (χ3v) is 17.8. The summed E-state index contributed by atoms with van der Waals surface area (Å²) >= 11 is 0. The Kier molecular flexibility index (Phi) is 63.1. The van der Waals surface area contributed by atoms with Gasteiger partial charge in [0.1, 0.15) is 24.4 Å². The van der Waals surface area contributed by atoms with E-state index in [2.05, 4.69) is 99.0 Å². The molecule has 8 unspecified atom stereocenters. The quantitative estimate of drug-likeness (QED) is 0.0195. The highest BCUT2D eigenvalue weighted by Crippen LogP contribution is 2.26. The van der Waals surface area contributed by atoms with Crippen LogP contribution in [-0.2, 0) is 23.8 Å². The van der Waals surface area contributed by atoms with Crippen LogP contribution in [0, 0.1) is 0 Å². The highest BCUT2D eigenvalue weighted by atomic mass is 16.7. The third-order valence-electron chi connectivity index (χ3n) is 17.8. The Bertz CT molecular complexity index is 1810. The van der Waals surface area contributed by atoms with Crippen molar-refractivity contribution in [2.24, 2.45) is 0 Å². The van der Waals surface area contributed by atoms with Gasteiger partial charge in [0, 0.05) is 6.42 Å². The number of unbranched alkanes of at least 4 members (excludes halogenated alkanes) is 40. The molecule has 6 N–H and O–H groups in total. The fourth-order valence-electron chi connectivity index (χ4n) is 11.7. The van der Waals surface area contributed by atoms with Crippen LogP contribution in [0.2, 0.25) is 0 Å². The molecular weight excluding hydrogens is 1130 g/mol. The smallest absolute Gasteiger partial charge is 0.306 e. The summed E-state index contributed by atoms with van der Waals surface area (Å²) in [6.07, 6.45) is 79.0. The molecule has 1 amide bonds. The van der Waals surface area contributed by atoms with Gasteiger partial charge in [0.05, 0.1) is 25.4 Å². The Morgan fingerprint density at radius 2 is 0.758 bits per heavy atom. The number of hydrogen-bond acceptors (Lipinski definition) is 10. The lowest BCUT2D eigenvalue weighted by Crippen LogP contribution is -2.61. The number of carbonyl (C=O) groups excluding carboxylic acids is 2. The van der Waals surface area contributed by atoms with Gasteiger partial charge in [0.2, 0.25) is 5.91 Å². The van der Waals surface area contributed by atoms with Crippen LogP contribution >= 0.6 is 0 Å². The molecule has 528 valence electrons. The van der Waals surface area contributed by atoms with Crippen molar-refractivity contribution in [3.63, 3.8) is 0 Å². The standard InChI is InChI=1S/C80H143NO10/c1-4-7-10-13-16-19-22-25-27-29-31-33-35-36-37-39-40-42-44-46-49-52-55-58-61-64-67-73(84)79(88)81-71(72(83)66-63-60-57-54-51-48-24-21-18-15-12-9-6-3)70-89-80-78(77(87)76(86)74(69-82)90-80)91-75(85)68-65-62-59-56-53-50-47-45-43-41-38-34-32-30-28-26-23-20-17-14-11-8-5-2/h16-17,19-20,25-28,31-34,63,66,71-74,76-78,80,82-84,86-87H,4-15,18,21-24,29-30,35-62,64-65,67-70H2,1-3H3,(H,81,88)/b19-16-,20-17-,27-25-,28-26-,33-31-,34-32-,66-63+. The summed E-state index contributed by atoms with van der Waals surface area (Å²) in [4.78, 5) is 26.8. The van der Waals surface area contributed by atoms with Crippen LogP contribution in [0.1, 0.15) is 348 Å². The molecule has 1 saturated heterocycles. The van der Waals surface area contributed by atoms with Crippen molar-refractivity contribution >= 4 is 11.9 Å². The van der Waals surface area contributed by atoms with E-state index in [0.717, 1.165) is 89.9 Å².